The molecule has 2 N–H and O–H groups in total. The summed E-state index contributed by atoms with van der Waals surface area (Å²) in [5.74, 6) is 0.161. The van der Waals surface area contributed by atoms with Crippen LogP contribution in [0.2, 0.25) is 0 Å². The summed E-state index contributed by atoms with van der Waals surface area (Å²) in [7, 11) is 1.58. The Kier molecular flexibility index (Phi) is 4.51. The van der Waals surface area contributed by atoms with E-state index in [4.69, 9.17) is 4.42 Å². The number of aromatic nitrogens is 2. The summed E-state index contributed by atoms with van der Waals surface area (Å²) in [6, 6.07) is 12.9. The fourth-order valence-electron chi connectivity index (χ4n) is 2.17. The monoisotopic (exact) mass is 326 g/mol. The Hall–Kier alpha value is -3.22. The zero-order valence-electron chi connectivity index (χ0n) is 12.9. The summed E-state index contributed by atoms with van der Waals surface area (Å²) in [6.07, 6.45) is 0. The number of rotatable bonds is 5. The van der Waals surface area contributed by atoms with E-state index in [2.05, 4.69) is 20.8 Å². The molecule has 0 atom stereocenters. The number of nitrogens with zero attached hydrogens (tertiary/aromatic N) is 2. The van der Waals surface area contributed by atoms with E-state index in [0.29, 0.717) is 28.6 Å². The van der Waals surface area contributed by atoms with Crippen LogP contribution >= 0.6 is 0 Å². The van der Waals surface area contributed by atoms with Crippen molar-refractivity contribution < 1.29 is 13.6 Å². The lowest BCUT2D eigenvalue weighted by Gasteiger charge is -2.09. The minimum Gasteiger partial charge on any atom is -0.419 e. The molecule has 0 saturated carbocycles. The van der Waals surface area contributed by atoms with Crippen LogP contribution in [0, 0.1) is 5.82 Å². The van der Waals surface area contributed by atoms with E-state index in [0.717, 1.165) is 0 Å². The molecule has 0 aliphatic heterocycles. The van der Waals surface area contributed by atoms with Crippen molar-refractivity contribution in [1.29, 1.82) is 0 Å². The van der Waals surface area contributed by atoms with E-state index in [1.807, 2.05) is 6.07 Å². The number of hydrogen-bond donors (Lipinski definition) is 2. The third-order valence-electron chi connectivity index (χ3n) is 3.39. The highest BCUT2D eigenvalue weighted by Gasteiger charge is 2.11. The predicted molar refractivity (Wildman–Crippen MR) is 86.9 cm³/mol. The molecule has 24 heavy (non-hydrogen) atoms. The van der Waals surface area contributed by atoms with Gasteiger partial charge in [0.15, 0.2) is 0 Å². The molecule has 0 radical (unpaired) electrons. The van der Waals surface area contributed by atoms with Crippen LogP contribution in [0.4, 0.5) is 10.1 Å². The highest BCUT2D eigenvalue weighted by atomic mass is 19.1. The number of anilines is 1. The van der Waals surface area contributed by atoms with Crippen LogP contribution in [-0.4, -0.2) is 23.2 Å². The number of hydrogen-bond acceptors (Lipinski definition) is 5. The Morgan fingerprint density at radius 3 is 2.62 bits per heavy atom. The quantitative estimate of drug-likeness (QED) is 0.753. The third-order valence-corrected chi connectivity index (χ3v) is 3.39. The second kappa shape index (κ2) is 6.91. The molecule has 0 bridgehead atoms. The van der Waals surface area contributed by atoms with Crippen LogP contribution in [0.1, 0.15) is 16.2 Å². The second-order valence-corrected chi connectivity index (χ2v) is 4.99. The molecular formula is C17H15FN4O2. The molecule has 0 aliphatic carbocycles. The van der Waals surface area contributed by atoms with E-state index in [-0.39, 0.29) is 18.3 Å². The first-order valence-electron chi connectivity index (χ1n) is 7.30. The molecule has 7 heteroatoms. The maximum atomic E-state index is 12.9. The number of nitrogens with one attached hydrogen (secondary N) is 2. The minimum absolute atomic E-state index is 0.185. The number of carbonyl (C=O) groups is 1. The van der Waals surface area contributed by atoms with Crippen LogP contribution in [0.5, 0.6) is 0 Å². The van der Waals surface area contributed by atoms with Crippen LogP contribution in [0.3, 0.4) is 0 Å². The predicted octanol–water partition coefficient (Wildman–Crippen LogP) is 2.85. The van der Waals surface area contributed by atoms with Gasteiger partial charge in [-0.15, -0.1) is 10.2 Å². The minimum atomic E-state index is -0.328. The lowest BCUT2D eigenvalue weighted by atomic mass is 10.1. The van der Waals surface area contributed by atoms with E-state index in [9.17, 15) is 9.18 Å². The molecule has 1 aromatic heterocycles. The van der Waals surface area contributed by atoms with Crippen molar-refractivity contribution in [2.75, 3.05) is 12.4 Å². The third kappa shape index (κ3) is 3.40. The molecule has 2 aromatic carbocycles. The first kappa shape index (κ1) is 15.7. The van der Waals surface area contributed by atoms with Crippen molar-refractivity contribution in [3.63, 3.8) is 0 Å². The molecule has 1 amide bonds. The Morgan fingerprint density at radius 1 is 1.12 bits per heavy atom. The van der Waals surface area contributed by atoms with E-state index in [1.54, 1.807) is 37.4 Å². The van der Waals surface area contributed by atoms with Crippen LogP contribution in [0.15, 0.2) is 52.9 Å². The largest absolute Gasteiger partial charge is 0.419 e. The Morgan fingerprint density at radius 2 is 1.88 bits per heavy atom. The summed E-state index contributed by atoms with van der Waals surface area (Å²) >= 11 is 0. The molecule has 3 aromatic rings. The molecule has 3 rings (SSSR count). The van der Waals surface area contributed by atoms with Gasteiger partial charge in [0, 0.05) is 18.3 Å². The Bertz CT molecular complexity index is 846. The molecule has 1 heterocycles. The summed E-state index contributed by atoms with van der Waals surface area (Å²) in [5.41, 5.74) is 1.83. The van der Waals surface area contributed by atoms with Gasteiger partial charge in [0.05, 0.1) is 12.1 Å². The molecule has 0 saturated heterocycles. The molecule has 0 aliphatic rings. The normalized spacial score (nSPS) is 10.4. The van der Waals surface area contributed by atoms with Crippen LogP contribution in [0.25, 0.3) is 11.5 Å². The van der Waals surface area contributed by atoms with Crippen molar-refractivity contribution in [2.24, 2.45) is 0 Å². The second-order valence-electron chi connectivity index (χ2n) is 4.99. The van der Waals surface area contributed by atoms with Crippen molar-refractivity contribution in [1.82, 2.24) is 15.5 Å². The van der Waals surface area contributed by atoms with Gasteiger partial charge in [-0.1, -0.05) is 12.1 Å². The molecule has 6 nitrogen and oxygen atoms in total. The Labute approximate surface area is 137 Å². The van der Waals surface area contributed by atoms with Gasteiger partial charge < -0.3 is 15.1 Å². The van der Waals surface area contributed by atoms with E-state index >= 15 is 0 Å². The van der Waals surface area contributed by atoms with E-state index in [1.165, 1.54) is 12.1 Å². The molecule has 0 unspecified atom stereocenters. The SMILES string of the molecule is CNC(=O)c1ccccc1NCc1nnc(-c2ccc(F)cc2)o1. The number of para-hydroxylation sites is 1. The zero-order valence-corrected chi connectivity index (χ0v) is 12.9. The number of amides is 1. The fourth-order valence-corrected chi connectivity index (χ4v) is 2.17. The van der Waals surface area contributed by atoms with Crippen LogP contribution in [-0.2, 0) is 6.54 Å². The average Bonchev–Trinajstić information content (AvgIpc) is 3.09. The van der Waals surface area contributed by atoms with Gasteiger partial charge in [-0.05, 0) is 36.4 Å². The van der Waals surface area contributed by atoms with Crippen molar-refractivity contribution in [3.8, 4) is 11.5 Å². The summed E-state index contributed by atoms with van der Waals surface area (Å²) in [5, 5.41) is 13.6. The maximum absolute atomic E-state index is 12.9. The number of halogens is 1. The van der Waals surface area contributed by atoms with E-state index < -0.39 is 0 Å². The lowest BCUT2D eigenvalue weighted by Crippen LogP contribution is -2.19. The summed E-state index contributed by atoms with van der Waals surface area (Å²) in [6.45, 7) is 0.266. The maximum Gasteiger partial charge on any atom is 0.253 e. The smallest absolute Gasteiger partial charge is 0.253 e. The fraction of sp³-hybridized carbons (Fsp3) is 0.118. The summed E-state index contributed by atoms with van der Waals surface area (Å²) in [4.78, 5) is 11.8. The standard InChI is InChI=1S/C17H15FN4O2/c1-19-16(23)13-4-2-3-5-14(13)20-10-15-21-22-17(24-15)11-6-8-12(18)9-7-11/h2-9,20H,10H2,1H3,(H,19,23). The van der Waals surface area contributed by atoms with Gasteiger partial charge in [-0.25, -0.2) is 4.39 Å². The first-order valence-corrected chi connectivity index (χ1v) is 7.30. The first-order chi connectivity index (χ1) is 11.7. The highest BCUT2D eigenvalue weighted by Crippen LogP contribution is 2.19. The van der Waals surface area contributed by atoms with Crippen LogP contribution < -0.4 is 10.6 Å². The molecule has 0 spiro atoms. The van der Waals surface area contributed by atoms with Crippen molar-refractivity contribution >= 4 is 11.6 Å². The van der Waals surface area contributed by atoms with Crippen molar-refractivity contribution in [3.05, 3.63) is 65.8 Å². The van der Waals surface area contributed by atoms with Gasteiger partial charge in [-0.3, -0.25) is 4.79 Å². The summed E-state index contributed by atoms with van der Waals surface area (Å²) < 4.78 is 18.5. The molecule has 0 fully saturated rings. The van der Waals surface area contributed by atoms with Gasteiger partial charge in [0.1, 0.15) is 5.82 Å². The highest BCUT2D eigenvalue weighted by molar-refractivity contribution is 5.99. The number of benzene rings is 2. The zero-order chi connectivity index (χ0) is 16.9. The molecule has 122 valence electrons. The van der Waals surface area contributed by atoms with Gasteiger partial charge in [-0.2, -0.15) is 0 Å². The Balaban J connectivity index is 1.72. The van der Waals surface area contributed by atoms with Crippen molar-refractivity contribution in [2.45, 2.75) is 6.54 Å². The molecular weight excluding hydrogens is 311 g/mol. The van der Waals surface area contributed by atoms with Gasteiger partial charge in [0.25, 0.3) is 5.91 Å². The average molecular weight is 326 g/mol. The number of carbonyl (C=O) groups excluding carboxylic acids is 1. The lowest BCUT2D eigenvalue weighted by molar-refractivity contribution is 0.0964. The topological polar surface area (TPSA) is 80.0 Å². The van der Waals surface area contributed by atoms with Gasteiger partial charge >= 0.3 is 0 Å². The van der Waals surface area contributed by atoms with Gasteiger partial charge in [0.2, 0.25) is 11.8 Å².